The van der Waals surface area contributed by atoms with Crippen LogP contribution in [0.2, 0.25) is 0 Å². The summed E-state index contributed by atoms with van der Waals surface area (Å²) in [6.45, 7) is 0. The molecule has 4 nitrogen and oxygen atoms in total. The number of ether oxygens (including phenoxy) is 1. The zero-order valence-electron chi connectivity index (χ0n) is 10.9. The number of hydrogen-bond donors (Lipinski definition) is 2. The molecule has 0 spiro atoms. The molecule has 0 radical (unpaired) electrons. The van der Waals surface area contributed by atoms with Crippen molar-refractivity contribution < 1.29 is 13.9 Å². The van der Waals surface area contributed by atoms with Crippen LogP contribution in [0.4, 0.5) is 20.6 Å². The van der Waals surface area contributed by atoms with Gasteiger partial charge in [-0.25, -0.2) is 9.18 Å². The SMILES string of the molecule is COc1cc(F)cc(NC(=O)Nc2cc(Br)cc(Br)c2)c1. The van der Waals surface area contributed by atoms with Crippen LogP contribution in [0.15, 0.2) is 45.3 Å². The zero-order chi connectivity index (χ0) is 15.4. The van der Waals surface area contributed by atoms with E-state index in [4.69, 9.17) is 4.74 Å². The monoisotopic (exact) mass is 416 g/mol. The zero-order valence-corrected chi connectivity index (χ0v) is 14.1. The van der Waals surface area contributed by atoms with Gasteiger partial charge in [0.25, 0.3) is 0 Å². The Morgan fingerprint density at radius 1 is 1.00 bits per heavy atom. The van der Waals surface area contributed by atoms with E-state index in [-0.39, 0.29) is 0 Å². The quantitative estimate of drug-likeness (QED) is 0.737. The molecule has 0 saturated carbocycles. The molecule has 0 saturated heterocycles. The number of urea groups is 1. The highest BCUT2D eigenvalue weighted by atomic mass is 79.9. The number of benzene rings is 2. The number of methoxy groups -OCH3 is 1. The van der Waals surface area contributed by atoms with E-state index in [0.29, 0.717) is 17.1 Å². The third-order valence-corrected chi connectivity index (χ3v) is 3.40. The van der Waals surface area contributed by atoms with E-state index in [1.165, 1.54) is 25.3 Å². The molecular formula is C14H11Br2FN2O2. The number of nitrogens with one attached hydrogen (secondary N) is 2. The Kier molecular flexibility index (Phi) is 5.19. The summed E-state index contributed by atoms with van der Waals surface area (Å²) in [7, 11) is 1.43. The molecule has 2 rings (SSSR count). The van der Waals surface area contributed by atoms with Crippen molar-refractivity contribution in [1.82, 2.24) is 0 Å². The second-order valence-corrected chi connectivity index (χ2v) is 5.95. The molecule has 0 fully saturated rings. The van der Waals surface area contributed by atoms with E-state index in [1.807, 2.05) is 6.07 Å². The predicted octanol–water partition coefficient (Wildman–Crippen LogP) is 5.00. The van der Waals surface area contributed by atoms with E-state index >= 15 is 0 Å². The molecule has 7 heteroatoms. The summed E-state index contributed by atoms with van der Waals surface area (Å²) in [5.74, 6) is -0.162. The first-order valence-corrected chi connectivity index (χ1v) is 7.43. The van der Waals surface area contributed by atoms with Crippen LogP contribution in [0.25, 0.3) is 0 Å². The van der Waals surface area contributed by atoms with Gasteiger partial charge in [-0.2, -0.15) is 0 Å². The van der Waals surface area contributed by atoms with Gasteiger partial charge in [0, 0.05) is 32.5 Å². The first-order valence-electron chi connectivity index (χ1n) is 5.85. The lowest BCUT2D eigenvalue weighted by molar-refractivity contribution is 0.262. The van der Waals surface area contributed by atoms with Crippen molar-refractivity contribution in [3.8, 4) is 5.75 Å². The standard InChI is InChI=1S/C14H11Br2FN2O2/c1-21-13-6-10(17)5-12(7-13)19-14(20)18-11-3-8(15)2-9(16)4-11/h2-7H,1H3,(H2,18,19,20). The molecule has 2 amide bonds. The van der Waals surface area contributed by atoms with Crippen LogP contribution in [-0.2, 0) is 0 Å². The van der Waals surface area contributed by atoms with Gasteiger partial charge in [-0.15, -0.1) is 0 Å². The summed E-state index contributed by atoms with van der Waals surface area (Å²) in [6, 6.07) is 8.83. The Labute approximate surface area is 137 Å². The average Bonchev–Trinajstić information content (AvgIpc) is 2.36. The summed E-state index contributed by atoms with van der Waals surface area (Å²) < 4.78 is 19.9. The Morgan fingerprint density at radius 3 is 2.14 bits per heavy atom. The van der Waals surface area contributed by atoms with Gasteiger partial charge in [-0.3, -0.25) is 0 Å². The first kappa shape index (κ1) is 15.8. The second-order valence-electron chi connectivity index (χ2n) is 4.12. The molecule has 2 aromatic rings. The third-order valence-electron chi connectivity index (χ3n) is 2.49. The Hall–Kier alpha value is -1.60. The molecule has 21 heavy (non-hydrogen) atoms. The van der Waals surface area contributed by atoms with Gasteiger partial charge in [-0.05, 0) is 24.3 Å². The minimum absolute atomic E-state index is 0.304. The highest BCUT2D eigenvalue weighted by Gasteiger charge is 2.07. The maximum absolute atomic E-state index is 13.3. The number of anilines is 2. The lowest BCUT2D eigenvalue weighted by atomic mass is 10.3. The largest absolute Gasteiger partial charge is 0.497 e. The Balaban J connectivity index is 2.09. The van der Waals surface area contributed by atoms with Gasteiger partial charge >= 0.3 is 6.03 Å². The Bertz CT molecular complexity index is 660. The summed E-state index contributed by atoms with van der Waals surface area (Å²) in [5.41, 5.74) is 0.899. The molecule has 0 aliphatic rings. The van der Waals surface area contributed by atoms with Crippen LogP contribution in [0.1, 0.15) is 0 Å². The minimum Gasteiger partial charge on any atom is -0.497 e. The number of rotatable bonds is 3. The maximum Gasteiger partial charge on any atom is 0.323 e. The fourth-order valence-electron chi connectivity index (χ4n) is 1.67. The van der Waals surface area contributed by atoms with Gasteiger partial charge in [0.2, 0.25) is 0 Å². The summed E-state index contributed by atoms with van der Waals surface area (Å²) in [4.78, 5) is 11.9. The number of halogens is 3. The molecule has 0 atom stereocenters. The second kappa shape index (κ2) is 6.91. The van der Waals surface area contributed by atoms with Crippen molar-refractivity contribution in [3.63, 3.8) is 0 Å². The molecule has 0 aliphatic carbocycles. The average molecular weight is 418 g/mol. The van der Waals surface area contributed by atoms with Crippen LogP contribution >= 0.6 is 31.9 Å². The molecule has 0 unspecified atom stereocenters. The molecule has 0 aromatic heterocycles. The van der Waals surface area contributed by atoms with Crippen LogP contribution < -0.4 is 15.4 Å². The number of carbonyl (C=O) groups is 1. The summed E-state index contributed by atoms with van der Waals surface area (Å²) >= 11 is 6.66. The number of carbonyl (C=O) groups excluding carboxylic acids is 1. The van der Waals surface area contributed by atoms with Crippen LogP contribution in [0.3, 0.4) is 0 Å². The van der Waals surface area contributed by atoms with E-state index in [0.717, 1.165) is 8.95 Å². The first-order chi connectivity index (χ1) is 9.96. The molecule has 2 aromatic carbocycles. The third kappa shape index (κ3) is 4.71. The lowest BCUT2D eigenvalue weighted by Gasteiger charge is -2.10. The molecular weight excluding hydrogens is 407 g/mol. The smallest absolute Gasteiger partial charge is 0.323 e. The van der Waals surface area contributed by atoms with Crippen LogP contribution in [0, 0.1) is 5.82 Å². The maximum atomic E-state index is 13.3. The molecule has 2 N–H and O–H groups in total. The van der Waals surface area contributed by atoms with Crippen molar-refractivity contribution >= 4 is 49.3 Å². The van der Waals surface area contributed by atoms with Gasteiger partial charge in [0.1, 0.15) is 11.6 Å². The fourth-order valence-corrected chi connectivity index (χ4v) is 2.97. The normalized spacial score (nSPS) is 10.1. The Morgan fingerprint density at radius 2 is 1.57 bits per heavy atom. The van der Waals surface area contributed by atoms with Crippen molar-refractivity contribution in [2.45, 2.75) is 0 Å². The highest BCUT2D eigenvalue weighted by molar-refractivity contribution is 9.11. The molecule has 0 aliphatic heterocycles. The minimum atomic E-state index is -0.491. The van der Waals surface area contributed by atoms with Gasteiger partial charge < -0.3 is 15.4 Å². The molecule has 0 bridgehead atoms. The predicted molar refractivity (Wildman–Crippen MR) is 87.4 cm³/mol. The van der Waals surface area contributed by atoms with Gasteiger partial charge in [-0.1, -0.05) is 31.9 Å². The van der Waals surface area contributed by atoms with E-state index in [1.54, 1.807) is 12.1 Å². The number of amides is 2. The van der Waals surface area contributed by atoms with Crippen molar-refractivity contribution in [2.24, 2.45) is 0 Å². The van der Waals surface area contributed by atoms with Crippen molar-refractivity contribution in [3.05, 3.63) is 51.2 Å². The van der Waals surface area contributed by atoms with Gasteiger partial charge in [0.05, 0.1) is 7.11 Å². The highest BCUT2D eigenvalue weighted by Crippen LogP contribution is 2.24. The lowest BCUT2D eigenvalue weighted by Crippen LogP contribution is -2.19. The molecule has 110 valence electrons. The summed E-state index contributed by atoms with van der Waals surface area (Å²) in [5, 5.41) is 5.20. The van der Waals surface area contributed by atoms with E-state index in [9.17, 15) is 9.18 Å². The van der Waals surface area contributed by atoms with Crippen LogP contribution in [-0.4, -0.2) is 13.1 Å². The van der Waals surface area contributed by atoms with Crippen molar-refractivity contribution in [2.75, 3.05) is 17.7 Å². The summed E-state index contributed by atoms with van der Waals surface area (Å²) in [6.07, 6.45) is 0. The number of hydrogen-bond acceptors (Lipinski definition) is 2. The topological polar surface area (TPSA) is 50.4 Å². The molecule has 0 heterocycles. The van der Waals surface area contributed by atoms with Crippen molar-refractivity contribution in [1.29, 1.82) is 0 Å². The fraction of sp³-hybridized carbons (Fsp3) is 0.0714. The van der Waals surface area contributed by atoms with Crippen LogP contribution in [0.5, 0.6) is 5.75 Å². The van der Waals surface area contributed by atoms with E-state index < -0.39 is 11.8 Å². The van der Waals surface area contributed by atoms with E-state index in [2.05, 4.69) is 42.5 Å². The van der Waals surface area contributed by atoms with Gasteiger partial charge in [0.15, 0.2) is 0 Å².